The van der Waals surface area contributed by atoms with Crippen LogP contribution in [0.4, 0.5) is 5.13 Å². The Morgan fingerprint density at radius 2 is 2.16 bits per heavy atom. The van der Waals surface area contributed by atoms with E-state index in [1.165, 1.54) is 16.7 Å². The highest BCUT2D eigenvalue weighted by molar-refractivity contribution is 8.14. The Morgan fingerprint density at radius 1 is 1.37 bits per heavy atom. The fourth-order valence-corrected chi connectivity index (χ4v) is 8.29. The van der Waals surface area contributed by atoms with Gasteiger partial charge in [-0.3, -0.25) is 19.5 Å². The molecule has 38 heavy (non-hydrogen) atoms. The number of likely N-dealkylation sites (tertiary alicyclic amines) is 1. The Morgan fingerprint density at radius 3 is 2.79 bits per heavy atom. The van der Waals surface area contributed by atoms with Gasteiger partial charge in [0.1, 0.15) is 27.1 Å². The average Bonchev–Trinajstić information content (AvgIpc) is 3.50. The monoisotopic (exact) mass is 615 g/mol. The third-order valence-corrected chi connectivity index (χ3v) is 10.5. The van der Waals surface area contributed by atoms with Gasteiger partial charge in [0, 0.05) is 36.3 Å². The second-order valence-corrected chi connectivity index (χ2v) is 13.3. The standard InChI is InChI=1S/C21H22ClN7O5S4/c22-15-11(26-20(23)38-15)12(27-34)16(30)25-13-17(31)29-14(19(32)33)10(8-37-18(13)29)1-3-35-7-9-5-28(6-9)21-24-2-4-36-21/h1,3,9,13,18,34H,2,4-8H2,(H2,23,26)(H,25,30)(H,32,33)/b3-1?,27-12-/t13-,18-/m1/s1. The molecule has 2 fully saturated rings. The normalized spacial score (nSPS) is 23.9. The zero-order valence-corrected chi connectivity index (χ0v) is 23.6. The number of allylic oxidation sites excluding steroid dienone is 1. The number of amides is 2. The number of nitrogen functional groups attached to an aromatic ring is 1. The van der Waals surface area contributed by atoms with E-state index in [1.54, 1.807) is 29.6 Å². The summed E-state index contributed by atoms with van der Waals surface area (Å²) in [5.41, 5.74) is 5.42. The molecule has 5 rings (SSSR count). The summed E-state index contributed by atoms with van der Waals surface area (Å²) in [7, 11) is 0. The number of carbonyl (C=O) groups excluding carboxylic acids is 2. The minimum atomic E-state index is -1.22. The van der Waals surface area contributed by atoms with Crippen molar-refractivity contribution in [3.05, 3.63) is 32.8 Å². The van der Waals surface area contributed by atoms with Gasteiger partial charge in [0.2, 0.25) is 0 Å². The highest BCUT2D eigenvalue weighted by atomic mass is 35.5. The van der Waals surface area contributed by atoms with E-state index in [0.29, 0.717) is 17.2 Å². The van der Waals surface area contributed by atoms with Gasteiger partial charge in [0.05, 0.1) is 6.54 Å². The predicted octanol–water partition coefficient (Wildman–Crippen LogP) is 1.58. The fraction of sp³-hybridized carbons (Fsp3) is 0.429. The summed E-state index contributed by atoms with van der Waals surface area (Å²) in [5, 5.41) is 27.1. The van der Waals surface area contributed by atoms with Crippen molar-refractivity contribution in [2.75, 3.05) is 42.6 Å². The van der Waals surface area contributed by atoms with Crippen molar-refractivity contribution in [2.24, 2.45) is 16.1 Å². The van der Waals surface area contributed by atoms with Crippen LogP contribution in [0.1, 0.15) is 5.69 Å². The number of nitrogens with one attached hydrogen (secondary N) is 1. The van der Waals surface area contributed by atoms with E-state index in [1.807, 2.05) is 5.41 Å². The lowest BCUT2D eigenvalue weighted by atomic mass is 10.0. The van der Waals surface area contributed by atoms with E-state index >= 15 is 0 Å². The van der Waals surface area contributed by atoms with Crippen LogP contribution < -0.4 is 11.1 Å². The predicted molar refractivity (Wildman–Crippen MR) is 151 cm³/mol. The SMILES string of the molecule is Nc1nc(/C(=N/O)C(=O)N[C@@H]2C(=O)N3C(C(=O)O)=C(C=CSCC4CN(C5=NCCS5)C4)CS[C@H]23)c(Cl)s1. The number of oxime groups is 1. The first-order valence-corrected chi connectivity index (χ1v) is 15.6. The molecule has 0 unspecified atom stereocenters. The fourth-order valence-electron chi connectivity index (χ4n) is 4.31. The number of nitrogens with two attached hydrogens (primary N) is 1. The lowest BCUT2D eigenvalue weighted by molar-refractivity contribution is -0.150. The Balaban J connectivity index is 1.18. The first-order chi connectivity index (χ1) is 18.3. The number of hydrogen-bond donors (Lipinski definition) is 4. The van der Waals surface area contributed by atoms with Gasteiger partial charge in [-0.1, -0.05) is 39.9 Å². The number of anilines is 1. The summed E-state index contributed by atoms with van der Waals surface area (Å²) in [6.07, 6.45) is 1.75. The maximum atomic E-state index is 12.9. The first-order valence-electron chi connectivity index (χ1n) is 11.3. The van der Waals surface area contributed by atoms with Crippen LogP contribution in [0.3, 0.4) is 0 Å². The van der Waals surface area contributed by atoms with Gasteiger partial charge in [0.15, 0.2) is 16.0 Å². The number of carbonyl (C=O) groups is 3. The Kier molecular flexibility index (Phi) is 8.14. The molecular weight excluding hydrogens is 594 g/mol. The zero-order valence-electron chi connectivity index (χ0n) is 19.6. The molecule has 1 aromatic heterocycles. The molecule has 1 aromatic rings. The van der Waals surface area contributed by atoms with Crippen LogP contribution in [0.2, 0.25) is 4.34 Å². The van der Waals surface area contributed by atoms with Crippen LogP contribution in [0.25, 0.3) is 0 Å². The van der Waals surface area contributed by atoms with E-state index in [0.717, 1.165) is 47.6 Å². The highest BCUT2D eigenvalue weighted by Gasteiger charge is 2.54. The number of nitrogens with zero attached hydrogens (tertiary/aromatic N) is 5. The number of aliphatic carboxylic acids is 1. The third-order valence-electron chi connectivity index (χ3n) is 6.12. The molecule has 0 saturated carbocycles. The summed E-state index contributed by atoms with van der Waals surface area (Å²) in [5.74, 6) is 0.194. The van der Waals surface area contributed by atoms with Gasteiger partial charge in [-0.05, 0) is 17.1 Å². The number of fused-ring (bicyclic) bond motifs is 1. The Hall–Kier alpha value is -2.40. The number of β-lactam (4-membered cyclic amide) rings is 1. The number of amidine groups is 1. The van der Waals surface area contributed by atoms with Crippen LogP contribution in [0.5, 0.6) is 0 Å². The number of halogens is 1. The summed E-state index contributed by atoms with van der Waals surface area (Å²) in [6, 6.07) is -1.00. The van der Waals surface area contributed by atoms with Crippen molar-refractivity contribution in [2.45, 2.75) is 11.4 Å². The molecular formula is C21H22ClN7O5S4. The van der Waals surface area contributed by atoms with Gasteiger partial charge in [0.25, 0.3) is 11.8 Å². The topological polar surface area (TPSA) is 174 Å². The molecule has 4 aliphatic rings. The molecule has 0 aliphatic carbocycles. The lowest BCUT2D eigenvalue weighted by Gasteiger charge is -2.49. The quantitative estimate of drug-likeness (QED) is 0.145. The van der Waals surface area contributed by atoms with Crippen LogP contribution in [-0.4, -0.2) is 102 Å². The molecule has 5 N–H and O–H groups in total. The molecule has 4 aliphatic heterocycles. The average molecular weight is 616 g/mol. The summed E-state index contributed by atoms with van der Waals surface area (Å²) >= 11 is 11.7. The molecule has 5 heterocycles. The van der Waals surface area contributed by atoms with E-state index in [-0.39, 0.29) is 20.9 Å². The van der Waals surface area contributed by atoms with Crippen molar-refractivity contribution in [1.82, 2.24) is 20.1 Å². The number of hydrogen-bond acceptors (Lipinski definition) is 13. The number of aromatic nitrogens is 1. The van der Waals surface area contributed by atoms with E-state index in [2.05, 4.69) is 25.3 Å². The molecule has 0 radical (unpaired) electrons. The number of rotatable bonds is 8. The van der Waals surface area contributed by atoms with Crippen LogP contribution in [0, 0.1) is 5.92 Å². The second-order valence-electron chi connectivity index (χ2n) is 8.58. The summed E-state index contributed by atoms with van der Waals surface area (Å²) in [6.45, 7) is 2.85. The van der Waals surface area contributed by atoms with Crippen molar-refractivity contribution in [1.29, 1.82) is 0 Å². The van der Waals surface area contributed by atoms with E-state index in [9.17, 15) is 24.7 Å². The number of thiazole rings is 1. The van der Waals surface area contributed by atoms with Gasteiger partial charge in [-0.2, -0.15) is 0 Å². The first kappa shape index (κ1) is 27.2. The van der Waals surface area contributed by atoms with Crippen LogP contribution in [-0.2, 0) is 14.4 Å². The van der Waals surface area contributed by atoms with Crippen LogP contribution >= 0.6 is 58.2 Å². The minimum Gasteiger partial charge on any atom is -0.477 e. The van der Waals surface area contributed by atoms with Gasteiger partial charge in [-0.25, -0.2) is 9.78 Å². The molecule has 17 heteroatoms. The minimum absolute atomic E-state index is 0.0568. The molecule has 12 nitrogen and oxygen atoms in total. The molecule has 2 atom stereocenters. The number of carboxylic acids is 1. The van der Waals surface area contributed by atoms with Crippen molar-refractivity contribution >= 4 is 92.0 Å². The third kappa shape index (κ3) is 5.23. The van der Waals surface area contributed by atoms with Crippen molar-refractivity contribution in [3.63, 3.8) is 0 Å². The molecule has 0 bridgehead atoms. The van der Waals surface area contributed by atoms with E-state index in [4.69, 9.17) is 17.3 Å². The van der Waals surface area contributed by atoms with E-state index < -0.39 is 34.9 Å². The summed E-state index contributed by atoms with van der Waals surface area (Å²) < 4.78 is 0.0568. The molecule has 0 aromatic carbocycles. The smallest absolute Gasteiger partial charge is 0.352 e. The number of thioether (sulfide) groups is 3. The van der Waals surface area contributed by atoms with Crippen molar-refractivity contribution in [3.8, 4) is 0 Å². The Bertz CT molecular complexity index is 1290. The van der Waals surface area contributed by atoms with Gasteiger partial charge in [-0.15, -0.1) is 23.5 Å². The number of carboxylic acid groups (broad SMARTS) is 1. The second kappa shape index (κ2) is 11.4. The Labute approximate surface area is 238 Å². The number of aliphatic imine (C=N–C) groups is 1. The lowest BCUT2D eigenvalue weighted by Crippen LogP contribution is -2.71. The van der Waals surface area contributed by atoms with Crippen LogP contribution in [0.15, 0.2) is 32.9 Å². The molecule has 2 saturated heterocycles. The highest BCUT2D eigenvalue weighted by Crippen LogP contribution is 2.41. The molecule has 2 amide bonds. The van der Waals surface area contributed by atoms with Gasteiger partial charge >= 0.3 is 5.97 Å². The maximum absolute atomic E-state index is 12.9. The molecule has 0 spiro atoms. The van der Waals surface area contributed by atoms with Gasteiger partial charge < -0.3 is 26.3 Å². The summed E-state index contributed by atoms with van der Waals surface area (Å²) in [4.78, 5) is 49.5. The largest absolute Gasteiger partial charge is 0.477 e. The van der Waals surface area contributed by atoms with Crippen molar-refractivity contribution < 1.29 is 24.7 Å². The maximum Gasteiger partial charge on any atom is 0.352 e. The molecule has 202 valence electrons. The zero-order chi connectivity index (χ0) is 27.0.